The Kier molecular flexibility index (Phi) is 2.46. The van der Waals surface area contributed by atoms with Crippen molar-refractivity contribution in [2.45, 2.75) is 6.92 Å². The van der Waals surface area contributed by atoms with Gasteiger partial charge in [-0.3, -0.25) is 0 Å². The molecule has 5 nitrogen and oxygen atoms in total. The molecule has 13 heavy (non-hydrogen) atoms. The van der Waals surface area contributed by atoms with Crippen LogP contribution in [-0.4, -0.2) is 22.2 Å². The molecule has 5 heteroatoms. The van der Waals surface area contributed by atoms with Gasteiger partial charge in [0.2, 0.25) is 0 Å². The molecule has 0 aromatic carbocycles. The Morgan fingerprint density at radius 2 is 2.38 bits per heavy atom. The second-order valence-electron chi connectivity index (χ2n) is 2.61. The average Bonchev–Trinajstić information content (AvgIpc) is 2.27. The van der Waals surface area contributed by atoms with Crippen molar-refractivity contribution in [1.82, 2.24) is 4.57 Å². The summed E-state index contributed by atoms with van der Waals surface area (Å²) in [4.78, 5) is 11.2. The third kappa shape index (κ3) is 1.58. The number of rotatable bonds is 2. The highest BCUT2D eigenvalue weighted by Crippen LogP contribution is 2.26. The van der Waals surface area contributed by atoms with E-state index in [9.17, 15) is 9.90 Å². The predicted octanol–water partition coefficient (Wildman–Crippen LogP) is 0.490. The Morgan fingerprint density at radius 1 is 1.77 bits per heavy atom. The highest BCUT2D eigenvalue weighted by molar-refractivity contribution is 5.93. The van der Waals surface area contributed by atoms with E-state index in [1.807, 2.05) is 0 Å². The van der Waals surface area contributed by atoms with Gasteiger partial charge in [-0.25, -0.2) is 4.79 Å². The Labute approximate surface area is 75.7 Å². The molecule has 0 aliphatic carbocycles. The second-order valence-corrected chi connectivity index (χ2v) is 2.61. The number of hydrogen-bond acceptors (Lipinski definition) is 4. The number of carbonyl (C=O) groups is 1. The Morgan fingerprint density at radius 3 is 2.77 bits per heavy atom. The molecular weight excluding hydrogens is 172 g/mol. The van der Waals surface area contributed by atoms with E-state index in [0.717, 1.165) is 0 Å². The summed E-state index contributed by atoms with van der Waals surface area (Å²) in [5.74, 6) is -0.792. The van der Waals surface area contributed by atoms with E-state index >= 15 is 0 Å². The Balaban J connectivity index is 3.06. The number of esters is 1. The molecule has 0 saturated carbocycles. The lowest BCUT2D eigenvalue weighted by atomic mass is 10.4. The fourth-order valence-corrected chi connectivity index (χ4v) is 1.08. The molecule has 0 fully saturated rings. The summed E-state index contributed by atoms with van der Waals surface area (Å²) in [7, 11) is 1.61. The average molecular weight is 184 g/mol. The first kappa shape index (κ1) is 9.44. The van der Waals surface area contributed by atoms with E-state index in [4.69, 9.17) is 10.5 Å². The van der Waals surface area contributed by atoms with Crippen molar-refractivity contribution in [3.8, 4) is 5.75 Å². The first-order valence-corrected chi connectivity index (χ1v) is 3.88. The number of nitrogens with two attached hydrogens (primary N) is 1. The topological polar surface area (TPSA) is 77.5 Å². The Hall–Kier alpha value is -1.65. The van der Waals surface area contributed by atoms with Crippen LogP contribution in [0.2, 0.25) is 0 Å². The SMILES string of the molecule is CCOC(=O)c1c(O)c(N)cn1C. The van der Waals surface area contributed by atoms with Gasteiger partial charge < -0.3 is 20.1 Å². The highest BCUT2D eigenvalue weighted by atomic mass is 16.5. The molecule has 0 aliphatic heterocycles. The van der Waals surface area contributed by atoms with Crippen LogP contribution < -0.4 is 5.73 Å². The minimum absolute atomic E-state index is 0.0827. The van der Waals surface area contributed by atoms with Crippen molar-refractivity contribution in [2.24, 2.45) is 7.05 Å². The van der Waals surface area contributed by atoms with Gasteiger partial charge in [0.1, 0.15) is 0 Å². The van der Waals surface area contributed by atoms with Gasteiger partial charge in [-0.15, -0.1) is 0 Å². The number of hydrogen-bond donors (Lipinski definition) is 2. The lowest BCUT2D eigenvalue weighted by Crippen LogP contribution is -2.09. The van der Waals surface area contributed by atoms with Gasteiger partial charge in [0.15, 0.2) is 11.4 Å². The maximum absolute atomic E-state index is 11.2. The molecule has 0 saturated heterocycles. The molecule has 0 amide bonds. The van der Waals surface area contributed by atoms with Crippen LogP contribution in [0, 0.1) is 0 Å². The van der Waals surface area contributed by atoms with Crippen LogP contribution in [0.4, 0.5) is 5.69 Å². The van der Waals surface area contributed by atoms with Crippen LogP contribution in [0.15, 0.2) is 6.20 Å². The number of aromatic hydroxyl groups is 1. The molecule has 1 rings (SSSR count). The largest absolute Gasteiger partial charge is 0.504 e. The lowest BCUT2D eigenvalue weighted by molar-refractivity contribution is 0.0512. The second kappa shape index (κ2) is 3.38. The molecule has 72 valence electrons. The van der Waals surface area contributed by atoms with Crippen LogP contribution in [0.3, 0.4) is 0 Å². The number of aryl methyl sites for hydroxylation is 1. The molecule has 3 N–H and O–H groups in total. The lowest BCUT2D eigenvalue weighted by Gasteiger charge is -2.02. The number of carbonyl (C=O) groups excluding carboxylic acids is 1. The summed E-state index contributed by atoms with van der Waals surface area (Å²) in [6, 6.07) is 0. The van der Waals surface area contributed by atoms with Gasteiger partial charge in [0, 0.05) is 13.2 Å². The van der Waals surface area contributed by atoms with Crippen molar-refractivity contribution in [3.63, 3.8) is 0 Å². The normalized spacial score (nSPS) is 10.0. The molecule has 0 atom stereocenters. The maximum Gasteiger partial charge on any atom is 0.358 e. The third-order valence-corrected chi connectivity index (χ3v) is 1.65. The summed E-state index contributed by atoms with van der Waals surface area (Å²) in [5.41, 5.74) is 5.65. The van der Waals surface area contributed by atoms with Gasteiger partial charge in [-0.2, -0.15) is 0 Å². The van der Waals surface area contributed by atoms with Gasteiger partial charge in [-0.05, 0) is 6.92 Å². The van der Waals surface area contributed by atoms with Crippen LogP contribution in [0.1, 0.15) is 17.4 Å². The van der Waals surface area contributed by atoms with Crippen molar-refractivity contribution in [1.29, 1.82) is 0 Å². The van der Waals surface area contributed by atoms with Gasteiger partial charge in [0.05, 0.1) is 12.3 Å². The minimum Gasteiger partial charge on any atom is -0.504 e. The maximum atomic E-state index is 11.2. The molecule has 1 heterocycles. The minimum atomic E-state index is -0.570. The summed E-state index contributed by atoms with van der Waals surface area (Å²) in [5, 5.41) is 9.37. The predicted molar refractivity (Wildman–Crippen MR) is 47.4 cm³/mol. The number of nitrogens with zero attached hydrogens (tertiary/aromatic N) is 1. The molecule has 1 aromatic heterocycles. The van der Waals surface area contributed by atoms with Gasteiger partial charge in [-0.1, -0.05) is 0 Å². The molecular formula is C8H12N2O3. The fourth-order valence-electron chi connectivity index (χ4n) is 1.08. The number of anilines is 1. The van der Waals surface area contributed by atoms with Gasteiger partial charge in [0.25, 0.3) is 0 Å². The third-order valence-electron chi connectivity index (χ3n) is 1.65. The van der Waals surface area contributed by atoms with Crippen molar-refractivity contribution in [2.75, 3.05) is 12.3 Å². The molecule has 1 aromatic rings. The zero-order chi connectivity index (χ0) is 10.0. The molecule has 0 aliphatic rings. The van der Waals surface area contributed by atoms with E-state index in [0.29, 0.717) is 0 Å². The summed E-state index contributed by atoms with van der Waals surface area (Å²) < 4.78 is 6.16. The van der Waals surface area contributed by atoms with E-state index in [2.05, 4.69) is 0 Å². The van der Waals surface area contributed by atoms with Crippen molar-refractivity contribution in [3.05, 3.63) is 11.9 Å². The first-order chi connectivity index (χ1) is 6.07. The Bertz CT molecular complexity index is 330. The summed E-state index contributed by atoms with van der Waals surface area (Å²) in [6.45, 7) is 1.96. The molecule has 0 bridgehead atoms. The number of aromatic nitrogens is 1. The van der Waals surface area contributed by atoms with Crippen molar-refractivity contribution < 1.29 is 14.6 Å². The van der Waals surface area contributed by atoms with E-state index in [-0.39, 0.29) is 23.7 Å². The first-order valence-electron chi connectivity index (χ1n) is 3.88. The van der Waals surface area contributed by atoms with Crippen LogP contribution in [0.5, 0.6) is 5.75 Å². The smallest absolute Gasteiger partial charge is 0.358 e. The quantitative estimate of drug-likeness (QED) is 0.656. The summed E-state index contributed by atoms with van der Waals surface area (Å²) in [6.07, 6.45) is 1.46. The summed E-state index contributed by atoms with van der Waals surface area (Å²) >= 11 is 0. The zero-order valence-corrected chi connectivity index (χ0v) is 7.57. The highest BCUT2D eigenvalue weighted by Gasteiger charge is 2.19. The fraction of sp³-hybridized carbons (Fsp3) is 0.375. The monoisotopic (exact) mass is 184 g/mol. The number of ether oxygens (including phenoxy) is 1. The molecule has 0 radical (unpaired) electrons. The van der Waals surface area contributed by atoms with E-state index < -0.39 is 5.97 Å². The molecule has 0 unspecified atom stereocenters. The van der Waals surface area contributed by atoms with Crippen LogP contribution in [0.25, 0.3) is 0 Å². The van der Waals surface area contributed by atoms with E-state index in [1.165, 1.54) is 10.8 Å². The zero-order valence-electron chi connectivity index (χ0n) is 7.57. The molecule has 0 spiro atoms. The van der Waals surface area contributed by atoms with E-state index in [1.54, 1.807) is 14.0 Å². The number of nitrogen functional groups attached to an aromatic ring is 1. The van der Waals surface area contributed by atoms with Crippen molar-refractivity contribution >= 4 is 11.7 Å². The van der Waals surface area contributed by atoms with Crippen LogP contribution in [-0.2, 0) is 11.8 Å². The standard InChI is InChI=1S/C8H12N2O3/c1-3-13-8(12)6-7(11)5(9)4-10(6)2/h4,11H,3,9H2,1-2H3. The van der Waals surface area contributed by atoms with Crippen LogP contribution >= 0.6 is 0 Å². The van der Waals surface area contributed by atoms with Gasteiger partial charge >= 0.3 is 5.97 Å².